The van der Waals surface area contributed by atoms with E-state index in [9.17, 15) is 9.18 Å². The van der Waals surface area contributed by atoms with Crippen LogP contribution in [0.25, 0.3) is 0 Å². The van der Waals surface area contributed by atoms with Crippen LogP contribution in [0.1, 0.15) is 42.5 Å². The summed E-state index contributed by atoms with van der Waals surface area (Å²) in [7, 11) is 1.63. The molecule has 0 N–H and O–H groups in total. The number of hydrogen-bond acceptors (Lipinski definition) is 3. The van der Waals surface area contributed by atoms with Gasteiger partial charge in [-0.2, -0.15) is 0 Å². The van der Waals surface area contributed by atoms with E-state index in [4.69, 9.17) is 4.74 Å². The number of nitrogens with zero attached hydrogens (tertiary/aromatic N) is 2. The number of rotatable bonds is 8. The van der Waals surface area contributed by atoms with Crippen molar-refractivity contribution in [1.82, 2.24) is 9.88 Å². The lowest BCUT2D eigenvalue weighted by atomic mass is 9.96. The van der Waals surface area contributed by atoms with Gasteiger partial charge in [0.25, 0.3) is 0 Å². The van der Waals surface area contributed by atoms with Gasteiger partial charge in [0.15, 0.2) is 0 Å². The Morgan fingerprint density at radius 2 is 2.12 bits per heavy atom. The molecule has 0 fully saturated rings. The van der Waals surface area contributed by atoms with Crippen molar-refractivity contribution in [2.45, 2.75) is 32.7 Å². The molecule has 0 saturated heterocycles. The Kier molecular flexibility index (Phi) is 7.07. The Morgan fingerprint density at radius 1 is 1.32 bits per heavy atom. The summed E-state index contributed by atoms with van der Waals surface area (Å²) in [4.78, 5) is 18.8. The van der Waals surface area contributed by atoms with Gasteiger partial charge in [-0.05, 0) is 49.1 Å². The molecule has 0 aliphatic heterocycles. The molecule has 1 atom stereocenters. The summed E-state index contributed by atoms with van der Waals surface area (Å²) in [5.41, 5.74) is 2.36. The van der Waals surface area contributed by atoms with Crippen molar-refractivity contribution in [2.75, 3.05) is 20.3 Å². The third-order valence-corrected chi connectivity index (χ3v) is 4.21. The molecule has 0 spiro atoms. The molecule has 5 heteroatoms. The zero-order valence-corrected chi connectivity index (χ0v) is 15.0. The van der Waals surface area contributed by atoms with Gasteiger partial charge in [-0.3, -0.25) is 9.78 Å². The fraction of sp³-hybridized carbons (Fsp3) is 0.400. The van der Waals surface area contributed by atoms with Crippen LogP contribution in [0.15, 0.2) is 42.7 Å². The predicted octanol–water partition coefficient (Wildman–Crippen LogP) is 3.89. The highest BCUT2D eigenvalue weighted by molar-refractivity contribution is 5.77. The summed E-state index contributed by atoms with van der Waals surface area (Å²) >= 11 is 0. The first-order chi connectivity index (χ1) is 12.1. The maximum Gasteiger partial charge on any atom is 0.223 e. The normalized spacial score (nSPS) is 12.0. The molecule has 25 heavy (non-hydrogen) atoms. The maximum absolute atomic E-state index is 13.7. The van der Waals surface area contributed by atoms with Crippen molar-refractivity contribution >= 4 is 5.91 Å². The lowest BCUT2D eigenvalue weighted by molar-refractivity contribution is -0.133. The molecule has 1 aromatic heterocycles. The second-order valence-electron chi connectivity index (χ2n) is 5.97. The van der Waals surface area contributed by atoms with Gasteiger partial charge in [0.05, 0.1) is 6.04 Å². The summed E-state index contributed by atoms with van der Waals surface area (Å²) in [5, 5.41) is 0. The van der Waals surface area contributed by atoms with E-state index in [0.29, 0.717) is 31.6 Å². The number of aromatic nitrogens is 1. The van der Waals surface area contributed by atoms with Crippen LogP contribution < -0.4 is 0 Å². The Bertz CT molecular complexity index is 691. The Labute approximate surface area is 148 Å². The zero-order valence-electron chi connectivity index (χ0n) is 15.0. The van der Waals surface area contributed by atoms with Crippen LogP contribution in [0.3, 0.4) is 0 Å². The maximum atomic E-state index is 13.7. The minimum atomic E-state index is -0.284. The van der Waals surface area contributed by atoms with E-state index in [-0.39, 0.29) is 17.8 Å². The Morgan fingerprint density at radius 3 is 2.72 bits per heavy atom. The summed E-state index contributed by atoms with van der Waals surface area (Å²) < 4.78 is 18.7. The monoisotopic (exact) mass is 344 g/mol. The van der Waals surface area contributed by atoms with Crippen molar-refractivity contribution < 1.29 is 13.9 Å². The van der Waals surface area contributed by atoms with Gasteiger partial charge in [-0.1, -0.05) is 18.2 Å². The van der Waals surface area contributed by atoms with Crippen LogP contribution >= 0.6 is 0 Å². The van der Waals surface area contributed by atoms with Gasteiger partial charge in [0.1, 0.15) is 5.82 Å². The van der Waals surface area contributed by atoms with E-state index in [2.05, 4.69) is 4.98 Å². The van der Waals surface area contributed by atoms with Crippen LogP contribution in [-0.4, -0.2) is 36.1 Å². The van der Waals surface area contributed by atoms with Gasteiger partial charge in [-0.15, -0.1) is 0 Å². The van der Waals surface area contributed by atoms with Gasteiger partial charge in [0, 0.05) is 39.1 Å². The van der Waals surface area contributed by atoms with Crippen LogP contribution in [0.5, 0.6) is 0 Å². The largest absolute Gasteiger partial charge is 0.385 e. The number of halogens is 1. The van der Waals surface area contributed by atoms with Crippen molar-refractivity contribution in [3.8, 4) is 0 Å². The molecule has 1 unspecified atom stereocenters. The van der Waals surface area contributed by atoms with Crippen LogP contribution in [0, 0.1) is 12.7 Å². The third kappa shape index (κ3) is 4.86. The third-order valence-electron chi connectivity index (χ3n) is 4.21. The van der Waals surface area contributed by atoms with E-state index in [0.717, 1.165) is 11.1 Å². The number of pyridine rings is 1. The average molecular weight is 344 g/mol. The van der Waals surface area contributed by atoms with Crippen molar-refractivity contribution in [3.63, 3.8) is 0 Å². The number of carbonyl (C=O) groups excluding carboxylic acids is 1. The molecular formula is C20H25FN2O2. The molecule has 0 saturated carbocycles. The topological polar surface area (TPSA) is 42.4 Å². The molecule has 1 heterocycles. The minimum Gasteiger partial charge on any atom is -0.385 e. The average Bonchev–Trinajstić information content (AvgIpc) is 2.63. The first-order valence-corrected chi connectivity index (χ1v) is 8.52. The number of carbonyl (C=O) groups is 1. The second-order valence-corrected chi connectivity index (χ2v) is 5.97. The highest BCUT2D eigenvalue weighted by Gasteiger charge is 2.26. The molecular weight excluding hydrogens is 319 g/mol. The molecule has 0 radical (unpaired) electrons. The smallest absolute Gasteiger partial charge is 0.223 e. The van der Waals surface area contributed by atoms with E-state index in [1.807, 2.05) is 24.0 Å². The summed E-state index contributed by atoms with van der Waals surface area (Å²) in [6, 6.07) is 8.51. The lowest BCUT2D eigenvalue weighted by Crippen LogP contribution is -2.35. The molecule has 4 nitrogen and oxygen atoms in total. The molecule has 134 valence electrons. The number of benzene rings is 1. The molecule has 0 aliphatic carbocycles. The van der Waals surface area contributed by atoms with E-state index in [1.54, 1.807) is 38.6 Å². The number of aryl methyl sites for hydroxylation is 1. The standard InChI is InChI=1S/C20H25FN2O2/c1-4-23(19(24)8-6-12-25-3)20(17-7-5-11-22-14-17)16-9-10-18(21)15(2)13-16/h5,7,9-11,13-14,20H,4,6,8,12H2,1-3H3. The SMILES string of the molecule is CCN(C(=O)CCCOC)C(c1cccnc1)c1ccc(F)c(C)c1. The minimum absolute atomic E-state index is 0.0513. The summed E-state index contributed by atoms with van der Waals surface area (Å²) in [5.74, 6) is -0.196. The lowest BCUT2D eigenvalue weighted by Gasteiger charge is -2.32. The number of methoxy groups -OCH3 is 1. The highest BCUT2D eigenvalue weighted by Crippen LogP contribution is 2.30. The van der Waals surface area contributed by atoms with Gasteiger partial charge >= 0.3 is 0 Å². The Hall–Kier alpha value is -2.27. The number of hydrogen-bond donors (Lipinski definition) is 0. The fourth-order valence-electron chi connectivity index (χ4n) is 2.94. The van der Waals surface area contributed by atoms with Crippen LogP contribution in [0.2, 0.25) is 0 Å². The van der Waals surface area contributed by atoms with Crippen molar-refractivity contribution in [3.05, 3.63) is 65.2 Å². The zero-order chi connectivity index (χ0) is 18.2. The molecule has 1 amide bonds. The quantitative estimate of drug-likeness (QED) is 0.682. The first-order valence-electron chi connectivity index (χ1n) is 8.52. The molecule has 0 aliphatic rings. The van der Waals surface area contributed by atoms with Crippen LogP contribution in [0.4, 0.5) is 4.39 Å². The first kappa shape index (κ1) is 19.1. The van der Waals surface area contributed by atoms with E-state index >= 15 is 0 Å². The van der Waals surface area contributed by atoms with Gasteiger partial charge < -0.3 is 9.64 Å². The predicted molar refractivity (Wildman–Crippen MR) is 95.7 cm³/mol. The van der Waals surface area contributed by atoms with Gasteiger partial charge in [0.2, 0.25) is 5.91 Å². The summed E-state index contributed by atoms with van der Waals surface area (Å²) in [6.07, 6.45) is 4.55. The highest BCUT2D eigenvalue weighted by atomic mass is 19.1. The molecule has 1 aromatic carbocycles. The van der Waals surface area contributed by atoms with E-state index in [1.165, 1.54) is 6.07 Å². The number of amides is 1. The molecule has 0 bridgehead atoms. The van der Waals surface area contributed by atoms with Crippen LogP contribution in [-0.2, 0) is 9.53 Å². The fourth-order valence-corrected chi connectivity index (χ4v) is 2.94. The van der Waals surface area contributed by atoms with Gasteiger partial charge in [-0.25, -0.2) is 4.39 Å². The molecule has 2 aromatic rings. The van der Waals surface area contributed by atoms with Crippen molar-refractivity contribution in [2.24, 2.45) is 0 Å². The molecule has 2 rings (SSSR count). The second kappa shape index (κ2) is 9.28. The Balaban J connectivity index is 2.39. The van der Waals surface area contributed by atoms with Crippen molar-refractivity contribution in [1.29, 1.82) is 0 Å². The van der Waals surface area contributed by atoms with E-state index < -0.39 is 0 Å². The summed E-state index contributed by atoms with van der Waals surface area (Å²) in [6.45, 7) is 4.79. The number of ether oxygens (including phenoxy) is 1.